The van der Waals surface area contributed by atoms with Crippen molar-refractivity contribution in [2.24, 2.45) is 0 Å². The minimum atomic E-state index is -1.85. The fourth-order valence-corrected chi connectivity index (χ4v) is 5.84. The number of hydrogen-bond donors (Lipinski definition) is 1. The molecule has 4 aromatic carbocycles. The van der Waals surface area contributed by atoms with Crippen LogP contribution in [-0.2, 0) is 50.1 Å². The van der Waals surface area contributed by atoms with Crippen LogP contribution in [0.3, 0.4) is 0 Å². The minimum Gasteiger partial charge on any atom is -0.465 e. The third kappa shape index (κ3) is 9.86. The largest absolute Gasteiger partial charge is 0.465 e. The van der Waals surface area contributed by atoms with Gasteiger partial charge in [-0.05, 0) is 70.8 Å². The highest BCUT2D eigenvalue weighted by Gasteiger charge is 2.26. The number of methoxy groups -OCH3 is 1. The molecule has 16 heteroatoms. The Labute approximate surface area is 300 Å². The summed E-state index contributed by atoms with van der Waals surface area (Å²) < 4.78 is 107. The fraction of sp³-hybridized carbons (Fsp3) is 0.167. The Kier molecular flexibility index (Phi) is 14.1. The van der Waals surface area contributed by atoms with Crippen molar-refractivity contribution in [2.75, 3.05) is 40.5 Å². The average Bonchev–Trinajstić information content (AvgIpc) is 3.13. The molecule has 0 saturated carbocycles. The number of esters is 2. The Morgan fingerprint density at radius 1 is 0.654 bits per heavy atom. The predicted octanol–water partition coefficient (Wildman–Crippen LogP) is 5.79. The van der Waals surface area contributed by atoms with Crippen LogP contribution in [0.15, 0.2) is 89.8 Å². The molecule has 10 nitrogen and oxygen atoms in total. The van der Waals surface area contributed by atoms with Gasteiger partial charge in [-0.3, -0.25) is 4.18 Å². The van der Waals surface area contributed by atoms with E-state index in [2.05, 4.69) is 0 Å². The number of aliphatic hydroxyl groups is 1. The lowest BCUT2D eigenvalue weighted by atomic mass is 9.94. The van der Waals surface area contributed by atoms with Gasteiger partial charge in [-0.2, -0.15) is 0 Å². The molecule has 0 aliphatic rings. The van der Waals surface area contributed by atoms with Gasteiger partial charge in [0.05, 0.1) is 36.9 Å². The zero-order valence-corrected chi connectivity index (χ0v) is 29.3. The Morgan fingerprint density at radius 2 is 1.13 bits per heavy atom. The van der Waals surface area contributed by atoms with Gasteiger partial charge < -0.3 is 23.5 Å². The van der Waals surface area contributed by atoms with Crippen molar-refractivity contribution in [1.82, 2.24) is 0 Å². The Bertz CT molecular complexity index is 2050. The van der Waals surface area contributed by atoms with Crippen molar-refractivity contribution in [2.45, 2.75) is 4.90 Å². The molecule has 1 N–H and O–H groups in total. The van der Waals surface area contributed by atoms with Crippen molar-refractivity contribution < 1.29 is 63.3 Å². The third-order valence-electron chi connectivity index (χ3n) is 7.26. The maximum absolute atomic E-state index is 14.6. The van der Waals surface area contributed by atoms with Gasteiger partial charge in [0.1, 0.15) is 19.1 Å². The van der Waals surface area contributed by atoms with Gasteiger partial charge in [0, 0.05) is 17.4 Å². The summed E-state index contributed by atoms with van der Waals surface area (Å²) in [7, 11) is 2.27. The Morgan fingerprint density at radius 3 is 1.60 bits per heavy atom. The molecule has 0 fully saturated rings. The molecule has 0 heterocycles. The minimum absolute atomic E-state index is 0.0277. The van der Waals surface area contributed by atoms with Gasteiger partial charge in [-0.25, -0.2) is 35.6 Å². The second kappa shape index (κ2) is 18.5. The van der Waals surface area contributed by atoms with Gasteiger partial charge in [0.25, 0.3) is 0 Å². The summed E-state index contributed by atoms with van der Waals surface area (Å²) in [6.07, 6.45) is 1.31. The molecule has 2 atom stereocenters. The molecular weight excluding hydrogens is 733 g/mol. The van der Waals surface area contributed by atoms with E-state index in [-0.39, 0.29) is 55.2 Å². The number of carbonyl (C=O) groups is 2. The molecule has 274 valence electrons. The number of rotatable bonds is 15. The molecule has 0 aromatic heterocycles. The van der Waals surface area contributed by atoms with Crippen LogP contribution in [0, 0.1) is 23.3 Å². The zero-order chi connectivity index (χ0) is 37.9. The first kappa shape index (κ1) is 39.8. The van der Waals surface area contributed by atoms with Crippen LogP contribution in [0.2, 0.25) is 0 Å². The van der Waals surface area contributed by atoms with Gasteiger partial charge in [-0.15, -0.1) is 0 Å². The van der Waals surface area contributed by atoms with Crippen molar-refractivity contribution >= 4 is 56.4 Å². The molecule has 0 aliphatic heterocycles. The number of ether oxygens (including phenoxy) is 3. The van der Waals surface area contributed by atoms with E-state index < -0.39 is 77.4 Å². The van der Waals surface area contributed by atoms with E-state index in [9.17, 15) is 40.7 Å². The highest BCUT2D eigenvalue weighted by Crippen LogP contribution is 2.33. The van der Waals surface area contributed by atoms with E-state index in [1.807, 2.05) is 0 Å². The lowest BCUT2D eigenvalue weighted by molar-refractivity contribution is -0.136. The van der Waals surface area contributed by atoms with Gasteiger partial charge in [-0.1, -0.05) is 36.4 Å². The SMILES string of the molecule is COC(=O)/C(=C(\COC(=O)/C(=C(\COCO)c1ccc(OS(C)=O)cc1)c1ccc(F)c(F)c1)c1ccc(S(=O)OC)cc1)c1ccc(F)c(F)c1. The van der Waals surface area contributed by atoms with Crippen LogP contribution < -0.4 is 4.18 Å². The standard InChI is InChI=1S/C36H30F4O10S2/c1-46-35(42)33(23-8-14-29(37)31(39)16-23)28(22-6-12-26(13-7-22)52(45)47-2)19-49-36(43)34(24-9-15-30(38)32(40)17-24)27(18-48-20-41)21-4-10-25(11-5-21)50-51(3)44/h4-17,41H,18-20H2,1-3H3/b33-28+,34-27+. The van der Waals surface area contributed by atoms with Crippen LogP contribution in [0.5, 0.6) is 5.75 Å². The van der Waals surface area contributed by atoms with E-state index in [1.165, 1.54) is 61.9 Å². The van der Waals surface area contributed by atoms with E-state index in [1.54, 1.807) is 0 Å². The number of aliphatic hydroxyl groups excluding tert-OH is 1. The van der Waals surface area contributed by atoms with Crippen LogP contribution in [0.25, 0.3) is 22.3 Å². The van der Waals surface area contributed by atoms with E-state index >= 15 is 0 Å². The number of carbonyl (C=O) groups excluding carboxylic acids is 2. The topological polar surface area (TPSA) is 135 Å². The van der Waals surface area contributed by atoms with Gasteiger partial charge in [0.2, 0.25) is 11.1 Å². The molecule has 0 spiro atoms. The van der Waals surface area contributed by atoms with Crippen LogP contribution in [-0.4, -0.2) is 65.9 Å². The lowest BCUT2D eigenvalue weighted by Gasteiger charge is -2.19. The van der Waals surface area contributed by atoms with Crippen LogP contribution in [0.4, 0.5) is 17.6 Å². The predicted molar refractivity (Wildman–Crippen MR) is 183 cm³/mol. The second-order valence-electron chi connectivity index (χ2n) is 10.4. The lowest BCUT2D eigenvalue weighted by Crippen LogP contribution is -2.16. The average molecular weight is 763 g/mol. The first-order valence-electron chi connectivity index (χ1n) is 14.9. The first-order valence-corrected chi connectivity index (χ1v) is 17.4. The summed E-state index contributed by atoms with van der Waals surface area (Å²) >= 11 is -3.51. The molecule has 0 saturated heterocycles. The Hall–Kier alpha value is -5.00. The van der Waals surface area contributed by atoms with Crippen molar-refractivity contribution in [1.29, 1.82) is 0 Å². The second-order valence-corrected chi connectivity index (χ2v) is 12.7. The zero-order valence-electron chi connectivity index (χ0n) is 27.7. The summed E-state index contributed by atoms with van der Waals surface area (Å²) in [6, 6.07) is 16.7. The van der Waals surface area contributed by atoms with E-state index in [0.29, 0.717) is 0 Å². The Balaban J connectivity index is 1.92. The van der Waals surface area contributed by atoms with Gasteiger partial charge >= 0.3 is 11.9 Å². The van der Waals surface area contributed by atoms with Gasteiger partial charge in [0.15, 0.2) is 34.3 Å². The smallest absolute Gasteiger partial charge is 0.339 e. The maximum atomic E-state index is 14.6. The number of benzene rings is 4. The van der Waals surface area contributed by atoms with Crippen molar-refractivity contribution in [3.63, 3.8) is 0 Å². The summed E-state index contributed by atoms with van der Waals surface area (Å²) in [6.45, 7) is -2.00. The molecule has 2 unspecified atom stereocenters. The normalized spacial score (nSPS) is 13.4. The fourth-order valence-electron chi connectivity index (χ4n) is 4.90. The monoisotopic (exact) mass is 762 g/mol. The molecule has 0 radical (unpaired) electrons. The quantitative estimate of drug-likeness (QED) is 0.0522. The molecule has 0 aliphatic carbocycles. The molecule has 4 rings (SSSR count). The highest BCUT2D eigenvalue weighted by molar-refractivity contribution is 7.80. The maximum Gasteiger partial charge on any atom is 0.339 e. The van der Waals surface area contributed by atoms with Crippen LogP contribution in [0.1, 0.15) is 22.3 Å². The third-order valence-corrected chi connectivity index (χ3v) is 8.65. The molecular formula is C36H30F4O10S2. The van der Waals surface area contributed by atoms with Crippen molar-refractivity contribution in [3.05, 3.63) is 130 Å². The molecule has 0 bridgehead atoms. The van der Waals surface area contributed by atoms with Crippen molar-refractivity contribution in [3.8, 4) is 5.75 Å². The number of halogens is 4. The summed E-state index contributed by atoms with van der Waals surface area (Å²) in [5.41, 5.74) is -0.576. The first-order chi connectivity index (χ1) is 24.9. The summed E-state index contributed by atoms with van der Waals surface area (Å²) in [4.78, 5) is 27.7. The molecule has 0 amide bonds. The number of hydrogen-bond acceptors (Lipinski definition) is 10. The summed E-state index contributed by atoms with van der Waals surface area (Å²) in [5, 5.41) is 9.48. The highest BCUT2D eigenvalue weighted by atomic mass is 32.2. The van der Waals surface area contributed by atoms with E-state index in [0.717, 1.165) is 43.5 Å². The molecule has 4 aromatic rings. The van der Waals surface area contributed by atoms with Crippen LogP contribution >= 0.6 is 0 Å². The van der Waals surface area contributed by atoms with E-state index in [4.69, 9.17) is 22.6 Å². The molecule has 52 heavy (non-hydrogen) atoms. The summed E-state index contributed by atoms with van der Waals surface area (Å²) in [5.74, 6) is -6.98.